The molecule has 0 rings (SSSR count). The maximum absolute atomic E-state index is 5.12. The molecule has 0 bridgehead atoms. The molecule has 0 saturated carbocycles. The summed E-state index contributed by atoms with van der Waals surface area (Å²) in [5, 5.41) is 6.30. The molecule has 0 fully saturated rings. The Hall–Kier alpha value is -0.120. The molecule has 0 aliphatic rings. The molecule has 2 N–H and O–H groups in total. The predicted octanol–water partition coefficient (Wildman–Crippen LogP) is 0.774. The van der Waals surface area contributed by atoms with E-state index in [9.17, 15) is 0 Å². The van der Waals surface area contributed by atoms with Gasteiger partial charge in [-0.1, -0.05) is 0 Å². The van der Waals surface area contributed by atoms with Crippen LogP contribution in [0.1, 0.15) is 19.3 Å². The highest BCUT2D eigenvalue weighted by atomic mass is 16.5. The molecule has 0 aromatic carbocycles. The van der Waals surface area contributed by atoms with Crippen molar-refractivity contribution in [2.24, 2.45) is 0 Å². The van der Waals surface area contributed by atoms with E-state index in [1.807, 2.05) is 7.05 Å². The fourth-order valence-electron chi connectivity index (χ4n) is 0.946. The van der Waals surface area contributed by atoms with Crippen LogP contribution in [0.3, 0.4) is 0 Å². The summed E-state index contributed by atoms with van der Waals surface area (Å²) in [4.78, 5) is 0. The van der Waals surface area contributed by atoms with E-state index in [-0.39, 0.29) is 0 Å². The number of unbranched alkanes of at least 4 members (excludes halogenated alkanes) is 2. The third-order valence-electron chi connectivity index (χ3n) is 1.59. The first kappa shape index (κ1) is 11.9. The molecule has 0 heterocycles. The van der Waals surface area contributed by atoms with Crippen molar-refractivity contribution >= 4 is 0 Å². The zero-order valence-electron chi connectivity index (χ0n) is 8.07. The van der Waals surface area contributed by atoms with E-state index in [1.54, 1.807) is 0 Å². The van der Waals surface area contributed by atoms with Crippen LogP contribution >= 0.6 is 0 Å². The number of rotatable bonds is 9. The molecular weight excluding hydrogens is 152 g/mol. The molecule has 0 amide bonds. The van der Waals surface area contributed by atoms with Gasteiger partial charge < -0.3 is 15.4 Å². The summed E-state index contributed by atoms with van der Waals surface area (Å²) in [6.07, 6.45) is 3.61. The summed E-state index contributed by atoms with van der Waals surface area (Å²) in [7, 11) is 1.94. The van der Waals surface area contributed by atoms with Crippen LogP contribution < -0.4 is 10.6 Å². The van der Waals surface area contributed by atoms with Crippen molar-refractivity contribution in [1.82, 2.24) is 10.6 Å². The van der Waals surface area contributed by atoms with Gasteiger partial charge in [-0.2, -0.15) is 0 Å². The second-order valence-electron chi connectivity index (χ2n) is 2.70. The Labute approximate surface area is 75.9 Å². The molecule has 0 aliphatic heterocycles. The maximum Gasteiger partial charge on any atom is 0.0466 e. The Kier molecular flexibility index (Phi) is 10.8. The molecule has 0 atom stereocenters. The topological polar surface area (TPSA) is 33.3 Å². The average molecular weight is 173 g/mol. The van der Waals surface area contributed by atoms with Crippen molar-refractivity contribution in [2.45, 2.75) is 19.3 Å². The van der Waals surface area contributed by atoms with E-state index in [0.29, 0.717) is 6.61 Å². The van der Waals surface area contributed by atoms with Crippen molar-refractivity contribution in [3.63, 3.8) is 0 Å². The zero-order chi connectivity index (χ0) is 9.07. The highest BCUT2D eigenvalue weighted by Gasteiger charge is 1.88. The number of hydrogen-bond donors (Lipinski definition) is 2. The molecular formula is C9H21N2O. The van der Waals surface area contributed by atoms with Gasteiger partial charge in [0.2, 0.25) is 0 Å². The largest absolute Gasteiger partial charge is 0.381 e. The first-order valence-corrected chi connectivity index (χ1v) is 4.64. The molecule has 1 radical (unpaired) electrons. The Morgan fingerprint density at radius 1 is 1.25 bits per heavy atom. The van der Waals surface area contributed by atoms with Gasteiger partial charge in [-0.3, -0.25) is 0 Å². The zero-order valence-corrected chi connectivity index (χ0v) is 8.07. The molecule has 0 aromatic heterocycles. The minimum atomic E-state index is 0.595. The van der Waals surface area contributed by atoms with Crippen LogP contribution in [0.4, 0.5) is 0 Å². The van der Waals surface area contributed by atoms with Gasteiger partial charge in [0.05, 0.1) is 0 Å². The lowest BCUT2D eigenvalue weighted by Crippen LogP contribution is -2.26. The van der Waals surface area contributed by atoms with Gasteiger partial charge in [-0.25, -0.2) is 0 Å². The van der Waals surface area contributed by atoms with Crippen LogP contribution in [0, 0.1) is 6.92 Å². The van der Waals surface area contributed by atoms with Crippen LogP contribution in [0.25, 0.3) is 0 Å². The molecule has 3 heteroatoms. The lowest BCUT2D eigenvalue weighted by Gasteiger charge is -2.03. The summed E-state index contributed by atoms with van der Waals surface area (Å²) in [6, 6.07) is 0. The number of nitrogens with one attached hydrogen (secondary N) is 2. The van der Waals surface area contributed by atoms with E-state index in [1.165, 1.54) is 12.8 Å². The van der Waals surface area contributed by atoms with Gasteiger partial charge in [-0.15, -0.1) is 0 Å². The lowest BCUT2D eigenvalue weighted by molar-refractivity contribution is 0.156. The second kappa shape index (κ2) is 10.9. The standard InChI is InChI=1S/C9H21N2O/c1-3-12-8-6-4-5-7-11-9-10-2/h10-11H,1,3-9H2,2H3. The maximum atomic E-state index is 5.12. The van der Waals surface area contributed by atoms with Crippen molar-refractivity contribution in [1.29, 1.82) is 0 Å². The third kappa shape index (κ3) is 9.88. The molecule has 3 nitrogen and oxygen atoms in total. The summed E-state index contributed by atoms with van der Waals surface area (Å²) in [6.45, 7) is 7.04. The Balaban J connectivity index is 2.73. The molecule has 73 valence electrons. The van der Waals surface area contributed by atoms with E-state index in [2.05, 4.69) is 17.6 Å². The van der Waals surface area contributed by atoms with Crippen molar-refractivity contribution in [3.8, 4) is 0 Å². The molecule has 0 aromatic rings. The Morgan fingerprint density at radius 3 is 2.75 bits per heavy atom. The molecule has 0 saturated heterocycles. The normalized spacial score (nSPS) is 10.5. The van der Waals surface area contributed by atoms with Gasteiger partial charge >= 0.3 is 0 Å². The quantitative estimate of drug-likeness (QED) is 0.399. The van der Waals surface area contributed by atoms with Crippen LogP contribution in [0.5, 0.6) is 0 Å². The molecule has 0 unspecified atom stereocenters. The first-order chi connectivity index (χ1) is 5.91. The molecule has 0 spiro atoms. The predicted molar refractivity (Wildman–Crippen MR) is 52.0 cm³/mol. The van der Waals surface area contributed by atoms with Gasteiger partial charge in [-0.05, 0) is 39.8 Å². The number of ether oxygens (including phenoxy) is 1. The van der Waals surface area contributed by atoms with Crippen LogP contribution in [0.15, 0.2) is 0 Å². The summed E-state index contributed by atoms with van der Waals surface area (Å²) in [5.41, 5.74) is 0. The highest BCUT2D eigenvalue weighted by Crippen LogP contribution is 1.93. The Bertz CT molecular complexity index is 68.9. The van der Waals surface area contributed by atoms with E-state index in [0.717, 1.165) is 26.2 Å². The minimum absolute atomic E-state index is 0.595. The van der Waals surface area contributed by atoms with Gasteiger partial charge in [0, 0.05) is 19.9 Å². The van der Waals surface area contributed by atoms with Crippen molar-refractivity contribution in [3.05, 3.63) is 6.92 Å². The molecule has 12 heavy (non-hydrogen) atoms. The molecule has 0 aliphatic carbocycles. The Morgan fingerprint density at radius 2 is 2.08 bits per heavy atom. The fraction of sp³-hybridized carbons (Fsp3) is 0.889. The summed E-state index contributed by atoms with van der Waals surface area (Å²) >= 11 is 0. The smallest absolute Gasteiger partial charge is 0.0466 e. The fourth-order valence-corrected chi connectivity index (χ4v) is 0.946. The van der Waals surface area contributed by atoms with Gasteiger partial charge in [0.15, 0.2) is 0 Å². The van der Waals surface area contributed by atoms with Crippen molar-refractivity contribution in [2.75, 3.05) is 33.5 Å². The van der Waals surface area contributed by atoms with E-state index < -0.39 is 0 Å². The van der Waals surface area contributed by atoms with Crippen LogP contribution in [0.2, 0.25) is 0 Å². The van der Waals surface area contributed by atoms with Crippen molar-refractivity contribution < 1.29 is 4.74 Å². The van der Waals surface area contributed by atoms with E-state index >= 15 is 0 Å². The minimum Gasteiger partial charge on any atom is -0.381 e. The summed E-state index contributed by atoms with van der Waals surface area (Å²) < 4.78 is 5.12. The van der Waals surface area contributed by atoms with Gasteiger partial charge in [0.25, 0.3) is 0 Å². The lowest BCUT2D eigenvalue weighted by atomic mass is 10.2. The first-order valence-electron chi connectivity index (χ1n) is 4.64. The highest BCUT2D eigenvalue weighted by molar-refractivity contribution is 4.46. The average Bonchev–Trinajstić information content (AvgIpc) is 2.10. The monoisotopic (exact) mass is 173 g/mol. The van der Waals surface area contributed by atoms with Gasteiger partial charge in [0.1, 0.15) is 0 Å². The second-order valence-corrected chi connectivity index (χ2v) is 2.70. The summed E-state index contributed by atoms with van der Waals surface area (Å²) in [5.74, 6) is 0. The van der Waals surface area contributed by atoms with E-state index in [4.69, 9.17) is 4.74 Å². The SMILES string of the molecule is [CH2]COCCCCCNCNC. The number of hydrogen-bond acceptors (Lipinski definition) is 3. The van der Waals surface area contributed by atoms with Crippen LogP contribution in [-0.4, -0.2) is 33.5 Å². The van der Waals surface area contributed by atoms with Crippen LogP contribution in [-0.2, 0) is 4.74 Å². The third-order valence-corrected chi connectivity index (χ3v) is 1.59.